The fourth-order valence-corrected chi connectivity index (χ4v) is 2.35. The van der Waals surface area contributed by atoms with Crippen LogP contribution in [0.3, 0.4) is 0 Å². The van der Waals surface area contributed by atoms with Gasteiger partial charge < -0.3 is 11.1 Å². The van der Waals surface area contributed by atoms with Crippen LogP contribution in [0, 0.1) is 6.92 Å². The molecule has 19 heavy (non-hydrogen) atoms. The Morgan fingerprint density at radius 2 is 1.95 bits per heavy atom. The first-order valence-corrected chi connectivity index (χ1v) is 7.18. The van der Waals surface area contributed by atoms with Crippen LogP contribution in [-0.2, 0) is 0 Å². The summed E-state index contributed by atoms with van der Waals surface area (Å²) >= 11 is 14.7. The predicted octanol–water partition coefficient (Wildman–Crippen LogP) is 4.79. The molecule has 0 amide bonds. The maximum absolute atomic E-state index is 6.22. The molecule has 0 radical (unpaired) electrons. The average Bonchev–Trinajstić information content (AvgIpc) is 2.36. The van der Waals surface area contributed by atoms with Crippen LogP contribution >= 0.6 is 39.7 Å². The lowest BCUT2D eigenvalue weighted by Crippen LogP contribution is -2.09. The van der Waals surface area contributed by atoms with E-state index in [0.717, 1.165) is 21.4 Å². The minimum absolute atomic E-state index is 0.338. The third-order valence-corrected chi connectivity index (χ3v) is 3.88. The van der Waals surface area contributed by atoms with Crippen molar-refractivity contribution in [3.8, 4) is 0 Å². The van der Waals surface area contributed by atoms with Crippen LogP contribution in [0.4, 0.5) is 11.4 Å². The summed E-state index contributed by atoms with van der Waals surface area (Å²) in [5.41, 5.74) is 9.28. The highest BCUT2D eigenvalue weighted by Crippen LogP contribution is 2.31. The molecule has 2 aromatic rings. The molecule has 98 valence electrons. The lowest BCUT2D eigenvalue weighted by atomic mass is 10.2. The number of aryl methyl sites for hydroxylation is 1. The van der Waals surface area contributed by atoms with E-state index < -0.39 is 0 Å². The molecule has 0 heterocycles. The summed E-state index contributed by atoms with van der Waals surface area (Å²) in [5, 5.41) is 3.87. The van der Waals surface area contributed by atoms with E-state index in [1.807, 2.05) is 37.3 Å². The molecule has 2 aromatic carbocycles. The summed E-state index contributed by atoms with van der Waals surface area (Å²) in [7, 11) is 0. The monoisotopic (exact) mass is 354 g/mol. The number of hydrogen-bond acceptors (Lipinski definition) is 2. The lowest BCUT2D eigenvalue weighted by Gasteiger charge is -2.12. The van der Waals surface area contributed by atoms with E-state index in [9.17, 15) is 0 Å². The second-order valence-corrected chi connectivity index (χ2v) is 5.87. The number of thiocarbonyl (C=S) groups is 1. The molecule has 0 aromatic heterocycles. The molecule has 0 saturated heterocycles. The topological polar surface area (TPSA) is 38.0 Å². The summed E-state index contributed by atoms with van der Waals surface area (Å²) in [6, 6.07) is 11.5. The smallest absolute Gasteiger partial charge is 0.104 e. The third kappa shape index (κ3) is 3.47. The second kappa shape index (κ2) is 5.90. The predicted molar refractivity (Wildman–Crippen MR) is 89.5 cm³/mol. The Balaban J connectivity index is 2.33. The molecule has 0 aliphatic rings. The average molecular weight is 356 g/mol. The van der Waals surface area contributed by atoms with Gasteiger partial charge in [-0.25, -0.2) is 0 Å². The maximum atomic E-state index is 6.22. The van der Waals surface area contributed by atoms with E-state index in [-0.39, 0.29) is 0 Å². The second-order valence-electron chi connectivity index (χ2n) is 4.17. The Labute approximate surface area is 131 Å². The maximum Gasteiger partial charge on any atom is 0.104 e. The van der Waals surface area contributed by atoms with E-state index in [0.29, 0.717) is 10.0 Å². The van der Waals surface area contributed by atoms with Gasteiger partial charge in [0.2, 0.25) is 0 Å². The van der Waals surface area contributed by atoms with Crippen molar-refractivity contribution in [3.05, 3.63) is 57.0 Å². The zero-order valence-corrected chi connectivity index (χ0v) is 13.4. The van der Waals surface area contributed by atoms with Gasteiger partial charge >= 0.3 is 0 Å². The first kappa shape index (κ1) is 14.3. The van der Waals surface area contributed by atoms with Gasteiger partial charge in [0.1, 0.15) is 4.99 Å². The molecule has 0 bridgehead atoms. The van der Waals surface area contributed by atoms with E-state index in [1.165, 1.54) is 5.56 Å². The van der Waals surface area contributed by atoms with Crippen molar-refractivity contribution in [2.45, 2.75) is 6.92 Å². The first-order valence-electron chi connectivity index (χ1n) is 5.60. The fraction of sp³-hybridized carbons (Fsp3) is 0.0714. The van der Waals surface area contributed by atoms with Crippen molar-refractivity contribution >= 4 is 56.1 Å². The molecule has 2 rings (SSSR count). The Hall–Kier alpha value is -1.10. The molecular formula is C14H12BrClN2S. The third-order valence-electron chi connectivity index (χ3n) is 2.64. The molecule has 0 fully saturated rings. The zero-order chi connectivity index (χ0) is 14.0. The molecule has 0 unspecified atom stereocenters. The van der Waals surface area contributed by atoms with Gasteiger partial charge in [0.15, 0.2) is 0 Å². The van der Waals surface area contributed by atoms with Crippen molar-refractivity contribution in [1.82, 2.24) is 0 Å². The van der Waals surface area contributed by atoms with Gasteiger partial charge in [-0.1, -0.05) is 29.9 Å². The number of hydrogen-bond donors (Lipinski definition) is 2. The highest BCUT2D eigenvalue weighted by Gasteiger charge is 2.06. The van der Waals surface area contributed by atoms with Crippen LogP contribution in [0.25, 0.3) is 0 Å². The minimum Gasteiger partial charge on any atom is -0.389 e. The number of nitrogens with one attached hydrogen (secondary N) is 1. The van der Waals surface area contributed by atoms with Crippen LogP contribution in [0.5, 0.6) is 0 Å². The SMILES string of the molecule is Cc1ccc(Br)c(Nc2ccc(C(N)=S)cc2Cl)c1. The first-order chi connectivity index (χ1) is 8.97. The molecule has 5 heteroatoms. The van der Waals surface area contributed by atoms with Crippen molar-refractivity contribution in [1.29, 1.82) is 0 Å². The number of nitrogens with two attached hydrogens (primary N) is 1. The van der Waals surface area contributed by atoms with E-state index in [2.05, 4.69) is 21.2 Å². The Morgan fingerprint density at radius 1 is 1.21 bits per heavy atom. The molecule has 0 spiro atoms. The largest absolute Gasteiger partial charge is 0.389 e. The Bertz CT molecular complexity index is 643. The van der Waals surface area contributed by atoms with Crippen molar-refractivity contribution in [3.63, 3.8) is 0 Å². The lowest BCUT2D eigenvalue weighted by molar-refractivity contribution is 1.43. The highest BCUT2D eigenvalue weighted by atomic mass is 79.9. The standard InChI is InChI=1S/C14H12BrClN2S/c1-8-2-4-10(15)13(6-8)18-12-5-3-9(14(17)19)7-11(12)16/h2-7,18H,1H3,(H2,17,19). The van der Waals surface area contributed by atoms with E-state index in [4.69, 9.17) is 29.6 Å². The van der Waals surface area contributed by atoms with Crippen molar-refractivity contribution in [2.24, 2.45) is 5.73 Å². The van der Waals surface area contributed by atoms with Gasteiger partial charge in [-0.2, -0.15) is 0 Å². The van der Waals surface area contributed by atoms with Crippen molar-refractivity contribution < 1.29 is 0 Å². The van der Waals surface area contributed by atoms with Crippen LogP contribution in [0.2, 0.25) is 5.02 Å². The molecule has 0 saturated carbocycles. The van der Waals surface area contributed by atoms with E-state index >= 15 is 0 Å². The Kier molecular flexibility index (Phi) is 4.45. The quantitative estimate of drug-likeness (QED) is 0.778. The Morgan fingerprint density at radius 3 is 2.58 bits per heavy atom. The summed E-state index contributed by atoms with van der Waals surface area (Å²) in [4.78, 5) is 0.338. The van der Waals surface area contributed by atoms with E-state index in [1.54, 1.807) is 6.07 Å². The van der Waals surface area contributed by atoms with Crippen LogP contribution in [0.15, 0.2) is 40.9 Å². The molecule has 0 aliphatic heterocycles. The number of halogens is 2. The van der Waals surface area contributed by atoms with Gasteiger partial charge in [0.25, 0.3) is 0 Å². The minimum atomic E-state index is 0.338. The number of rotatable bonds is 3. The highest BCUT2D eigenvalue weighted by molar-refractivity contribution is 9.10. The molecular weight excluding hydrogens is 344 g/mol. The molecule has 2 nitrogen and oxygen atoms in total. The van der Waals surface area contributed by atoms with Crippen LogP contribution in [0.1, 0.15) is 11.1 Å². The van der Waals surface area contributed by atoms with Crippen molar-refractivity contribution in [2.75, 3.05) is 5.32 Å². The summed E-state index contributed by atoms with van der Waals surface area (Å²) in [6.45, 7) is 2.04. The fourth-order valence-electron chi connectivity index (χ4n) is 1.65. The summed E-state index contributed by atoms with van der Waals surface area (Å²) in [5.74, 6) is 0. The van der Waals surface area contributed by atoms with Gasteiger partial charge in [-0.15, -0.1) is 0 Å². The van der Waals surface area contributed by atoms with Gasteiger partial charge in [-0.05, 0) is 58.7 Å². The molecule has 0 aliphatic carbocycles. The van der Waals surface area contributed by atoms with Crippen LogP contribution in [-0.4, -0.2) is 4.99 Å². The normalized spacial score (nSPS) is 10.3. The number of benzene rings is 2. The van der Waals surface area contributed by atoms with Gasteiger partial charge in [0, 0.05) is 10.0 Å². The van der Waals surface area contributed by atoms with Gasteiger partial charge in [-0.3, -0.25) is 0 Å². The van der Waals surface area contributed by atoms with Gasteiger partial charge in [0.05, 0.1) is 16.4 Å². The zero-order valence-electron chi connectivity index (χ0n) is 10.2. The number of anilines is 2. The van der Waals surface area contributed by atoms with Crippen LogP contribution < -0.4 is 11.1 Å². The molecule has 3 N–H and O–H groups in total. The molecule has 0 atom stereocenters. The summed E-state index contributed by atoms with van der Waals surface area (Å²) in [6.07, 6.45) is 0. The summed E-state index contributed by atoms with van der Waals surface area (Å²) < 4.78 is 0.979.